The van der Waals surface area contributed by atoms with Crippen LogP contribution in [0.1, 0.15) is 52.9 Å². The molecule has 2 atom stereocenters. The molecule has 0 radical (unpaired) electrons. The third kappa shape index (κ3) is 3.32. The van der Waals surface area contributed by atoms with Gasteiger partial charge in [-0.05, 0) is 18.8 Å². The molecule has 1 aliphatic rings. The lowest BCUT2D eigenvalue weighted by molar-refractivity contribution is -0.148. The molecule has 14 heavy (non-hydrogen) atoms. The maximum Gasteiger partial charge on any atom is 0.302 e. The van der Waals surface area contributed by atoms with Crippen LogP contribution >= 0.6 is 0 Å². The van der Waals surface area contributed by atoms with Crippen LogP contribution in [-0.2, 0) is 9.53 Å². The third-order valence-electron chi connectivity index (χ3n) is 3.49. The Kier molecular flexibility index (Phi) is 4.43. The van der Waals surface area contributed by atoms with Crippen LogP contribution in [0.15, 0.2) is 0 Å². The van der Waals surface area contributed by atoms with Gasteiger partial charge in [0.2, 0.25) is 0 Å². The van der Waals surface area contributed by atoms with Gasteiger partial charge in [0.15, 0.2) is 0 Å². The van der Waals surface area contributed by atoms with E-state index in [0.29, 0.717) is 5.92 Å². The Labute approximate surface area is 87.0 Å². The molecule has 0 N–H and O–H groups in total. The second kappa shape index (κ2) is 5.38. The van der Waals surface area contributed by atoms with Gasteiger partial charge in [-0.15, -0.1) is 0 Å². The summed E-state index contributed by atoms with van der Waals surface area (Å²) in [6.07, 6.45) is 6.78. The Morgan fingerprint density at radius 3 is 2.29 bits per heavy atom. The molecular formula is C12H22O2. The van der Waals surface area contributed by atoms with Gasteiger partial charge in [-0.25, -0.2) is 0 Å². The maximum absolute atomic E-state index is 10.8. The van der Waals surface area contributed by atoms with E-state index in [1.165, 1.54) is 39.0 Å². The zero-order chi connectivity index (χ0) is 10.6. The summed E-state index contributed by atoms with van der Waals surface area (Å²) in [6.45, 7) is 5.72. The van der Waals surface area contributed by atoms with Crippen LogP contribution in [0.25, 0.3) is 0 Å². The van der Waals surface area contributed by atoms with Crippen LogP contribution in [0, 0.1) is 11.8 Å². The molecule has 0 aromatic rings. The van der Waals surface area contributed by atoms with Gasteiger partial charge in [0.25, 0.3) is 0 Å². The number of hydrogen-bond acceptors (Lipinski definition) is 2. The standard InChI is InChI=1S/C12H22O2/c1-9(10(2)14-11(3)13)12-7-5-4-6-8-12/h9-10,12H,4-8H2,1-3H3/t9-,10+/m0/s1. The van der Waals surface area contributed by atoms with Crippen molar-refractivity contribution in [1.29, 1.82) is 0 Å². The molecule has 0 aromatic heterocycles. The van der Waals surface area contributed by atoms with E-state index in [2.05, 4.69) is 6.92 Å². The van der Waals surface area contributed by atoms with E-state index in [1.54, 1.807) is 0 Å². The fourth-order valence-electron chi connectivity index (χ4n) is 2.41. The summed E-state index contributed by atoms with van der Waals surface area (Å²) in [5, 5.41) is 0. The zero-order valence-electron chi connectivity index (χ0n) is 9.58. The number of carbonyl (C=O) groups excluding carboxylic acids is 1. The molecule has 0 spiro atoms. The van der Waals surface area contributed by atoms with Gasteiger partial charge in [-0.1, -0.05) is 39.0 Å². The van der Waals surface area contributed by atoms with E-state index < -0.39 is 0 Å². The monoisotopic (exact) mass is 198 g/mol. The average molecular weight is 198 g/mol. The van der Waals surface area contributed by atoms with Crippen molar-refractivity contribution in [2.75, 3.05) is 0 Å². The molecule has 1 fully saturated rings. The normalized spacial score (nSPS) is 22.8. The molecule has 2 nitrogen and oxygen atoms in total. The fourth-order valence-corrected chi connectivity index (χ4v) is 2.41. The van der Waals surface area contributed by atoms with Crippen molar-refractivity contribution >= 4 is 5.97 Å². The van der Waals surface area contributed by atoms with Crippen LogP contribution < -0.4 is 0 Å². The Balaban J connectivity index is 2.37. The smallest absolute Gasteiger partial charge is 0.302 e. The van der Waals surface area contributed by atoms with Crippen LogP contribution in [-0.4, -0.2) is 12.1 Å². The van der Waals surface area contributed by atoms with Gasteiger partial charge in [0.1, 0.15) is 6.10 Å². The summed E-state index contributed by atoms with van der Waals surface area (Å²) in [5.41, 5.74) is 0. The summed E-state index contributed by atoms with van der Waals surface area (Å²) >= 11 is 0. The minimum absolute atomic E-state index is 0.0793. The van der Waals surface area contributed by atoms with E-state index in [1.807, 2.05) is 6.92 Å². The van der Waals surface area contributed by atoms with Crippen molar-refractivity contribution in [3.05, 3.63) is 0 Å². The molecule has 82 valence electrons. The highest BCUT2D eigenvalue weighted by atomic mass is 16.5. The summed E-state index contributed by atoms with van der Waals surface area (Å²) in [7, 11) is 0. The molecule has 1 saturated carbocycles. The first kappa shape index (κ1) is 11.5. The van der Waals surface area contributed by atoms with Crippen LogP contribution in [0.3, 0.4) is 0 Å². The van der Waals surface area contributed by atoms with Gasteiger partial charge in [0, 0.05) is 6.92 Å². The molecule has 0 amide bonds. The van der Waals surface area contributed by atoms with Crippen molar-refractivity contribution < 1.29 is 9.53 Å². The lowest BCUT2D eigenvalue weighted by Gasteiger charge is -2.31. The van der Waals surface area contributed by atoms with Crippen LogP contribution in [0.2, 0.25) is 0 Å². The van der Waals surface area contributed by atoms with E-state index in [9.17, 15) is 4.79 Å². The lowest BCUT2D eigenvalue weighted by atomic mass is 9.79. The largest absolute Gasteiger partial charge is 0.463 e. The van der Waals surface area contributed by atoms with E-state index in [-0.39, 0.29) is 12.1 Å². The molecule has 0 aliphatic heterocycles. The topological polar surface area (TPSA) is 26.3 Å². The van der Waals surface area contributed by atoms with E-state index >= 15 is 0 Å². The Morgan fingerprint density at radius 2 is 1.79 bits per heavy atom. The maximum atomic E-state index is 10.8. The number of hydrogen-bond donors (Lipinski definition) is 0. The first-order valence-corrected chi connectivity index (χ1v) is 5.78. The predicted octanol–water partition coefficient (Wildman–Crippen LogP) is 3.15. The molecular weight excluding hydrogens is 176 g/mol. The zero-order valence-corrected chi connectivity index (χ0v) is 9.58. The van der Waals surface area contributed by atoms with Crippen molar-refractivity contribution in [2.45, 2.75) is 59.0 Å². The summed E-state index contributed by atoms with van der Waals surface area (Å²) in [6, 6.07) is 0. The average Bonchev–Trinajstić information content (AvgIpc) is 2.17. The second-order valence-electron chi connectivity index (χ2n) is 4.57. The van der Waals surface area contributed by atoms with Gasteiger partial charge < -0.3 is 4.74 Å². The van der Waals surface area contributed by atoms with E-state index in [4.69, 9.17) is 4.74 Å². The SMILES string of the molecule is CC(=O)O[C@H](C)[C@H](C)C1CCCCC1. The second-order valence-corrected chi connectivity index (χ2v) is 4.57. The molecule has 1 rings (SSSR count). The molecule has 1 aliphatic carbocycles. The molecule has 0 saturated heterocycles. The van der Waals surface area contributed by atoms with Gasteiger partial charge >= 0.3 is 5.97 Å². The summed E-state index contributed by atoms with van der Waals surface area (Å²) < 4.78 is 5.23. The molecule has 0 bridgehead atoms. The third-order valence-corrected chi connectivity index (χ3v) is 3.49. The highest BCUT2D eigenvalue weighted by molar-refractivity contribution is 5.66. The van der Waals surface area contributed by atoms with Gasteiger partial charge in [-0.2, -0.15) is 0 Å². The quantitative estimate of drug-likeness (QED) is 0.651. The lowest BCUT2D eigenvalue weighted by Crippen LogP contribution is -2.28. The Morgan fingerprint density at radius 1 is 1.21 bits per heavy atom. The molecule has 0 heterocycles. The van der Waals surface area contributed by atoms with Gasteiger partial charge in [0.05, 0.1) is 0 Å². The van der Waals surface area contributed by atoms with Crippen molar-refractivity contribution in [2.24, 2.45) is 11.8 Å². The highest BCUT2D eigenvalue weighted by Crippen LogP contribution is 2.32. The minimum atomic E-state index is -0.153. The van der Waals surface area contributed by atoms with Gasteiger partial charge in [-0.3, -0.25) is 4.79 Å². The van der Waals surface area contributed by atoms with Crippen LogP contribution in [0.5, 0.6) is 0 Å². The number of esters is 1. The van der Waals surface area contributed by atoms with Crippen molar-refractivity contribution in [3.8, 4) is 0 Å². The number of rotatable bonds is 3. The molecule has 0 unspecified atom stereocenters. The first-order valence-electron chi connectivity index (χ1n) is 5.78. The fraction of sp³-hybridized carbons (Fsp3) is 0.917. The molecule has 0 aromatic carbocycles. The van der Waals surface area contributed by atoms with Crippen molar-refractivity contribution in [3.63, 3.8) is 0 Å². The Bertz CT molecular complexity index is 183. The van der Waals surface area contributed by atoms with Crippen LogP contribution in [0.4, 0.5) is 0 Å². The Hall–Kier alpha value is -0.530. The number of carbonyl (C=O) groups is 1. The first-order chi connectivity index (χ1) is 6.61. The highest BCUT2D eigenvalue weighted by Gasteiger charge is 2.25. The van der Waals surface area contributed by atoms with E-state index in [0.717, 1.165) is 5.92 Å². The number of ether oxygens (including phenoxy) is 1. The van der Waals surface area contributed by atoms with Crippen molar-refractivity contribution in [1.82, 2.24) is 0 Å². The predicted molar refractivity (Wildman–Crippen MR) is 57.0 cm³/mol. The molecule has 2 heteroatoms. The summed E-state index contributed by atoms with van der Waals surface area (Å²) in [4.78, 5) is 10.8. The summed E-state index contributed by atoms with van der Waals surface area (Å²) in [5.74, 6) is 1.12. The minimum Gasteiger partial charge on any atom is -0.463 e.